The van der Waals surface area contributed by atoms with Crippen LogP contribution in [0.3, 0.4) is 0 Å². The van der Waals surface area contributed by atoms with Crippen LogP contribution in [0.4, 0.5) is 10.5 Å². The van der Waals surface area contributed by atoms with E-state index in [0.717, 1.165) is 0 Å². The number of benzene rings is 1. The monoisotopic (exact) mass is 361 g/mol. The third kappa shape index (κ3) is 10.8. The quantitative estimate of drug-likeness (QED) is 0.430. The second-order valence-corrected chi connectivity index (χ2v) is 3.62. The molecule has 1 aromatic rings. The van der Waals surface area contributed by atoms with E-state index in [0.29, 0.717) is 10.1 Å². The number of halogens is 1. The zero-order valence-electron chi connectivity index (χ0n) is 9.39. The lowest BCUT2D eigenvalue weighted by molar-refractivity contribution is -0.135. The molecule has 3 N–H and O–H groups in total. The molecular weight excluding hydrogens is 349 g/mol. The van der Waals surface area contributed by atoms with Gasteiger partial charge in [0.25, 0.3) is 0 Å². The van der Waals surface area contributed by atoms with Crippen LogP contribution in [0.5, 0.6) is 0 Å². The van der Waals surface area contributed by atoms with Crippen molar-refractivity contribution in [3.05, 3.63) is 30.3 Å². The van der Waals surface area contributed by atoms with Gasteiger partial charge in [0.2, 0.25) is 0 Å². The van der Waals surface area contributed by atoms with Crippen molar-refractivity contribution in [2.24, 2.45) is 0 Å². The molecule has 0 saturated carbocycles. The van der Waals surface area contributed by atoms with Crippen molar-refractivity contribution in [1.82, 2.24) is 0 Å². The Kier molecular flexibility index (Phi) is 9.40. The summed E-state index contributed by atoms with van der Waals surface area (Å²) in [6.07, 6.45) is -1.07. The minimum absolute atomic E-state index is 0.0387. The molecule has 0 aliphatic heterocycles. The first-order chi connectivity index (χ1) is 8.56. The Morgan fingerprint density at radius 2 is 1.78 bits per heavy atom. The topological polar surface area (TPSA) is 86.6 Å². The van der Waals surface area contributed by atoms with Crippen molar-refractivity contribution >= 4 is 40.3 Å². The van der Waals surface area contributed by atoms with Gasteiger partial charge >= 0.3 is 12.1 Å². The highest BCUT2D eigenvalue weighted by atomic mass is 127. The average Bonchev–Trinajstić information content (AvgIpc) is 2.30. The van der Waals surface area contributed by atoms with E-state index in [9.17, 15) is 9.59 Å². The molecule has 5 nitrogen and oxygen atoms in total. The standard InChI is InChI=1S/C7H7NO2.C5H5IO2/c9-7(10)8-6-4-2-1-3-5-6;6-4-2-1-3-5(7)8/h1-5,8H,(H,9,10);3-4H2,(H,7,8). The fraction of sp³-hybridized carbons (Fsp3) is 0.167. The van der Waals surface area contributed by atoms with Gasteiger partial charge in [0.15, 0.2) is 0 Å². The zero-order valence-corrected chi connectivity index (χ0v) is 11.5. The Balaban J connectivity index is 0.000000331. The number of anilines is 1. The number of carboxylic acids is 1. The average molecular weight is 361 g/mol. The van der Waals surface area contributed by atoms with Gasteiger partial charge in [-0.15, -0.1) is 0 Å². The number of rotatable bonds is 2. The summed E-state index contributed by atoms with van der Waals surface area (Å²) in [5.74, 6) is 4.25. The molecule has 1 amide bonds. The molecule has 0 spiro atoms. The van der Waals surface area contributed by atoms with Crippen molar-refractivity contribution in [2.75, 3.05) is 9.74 Å². The summed E-state index contributed by atoms with van der Waals surface area (Å²) < 4.78 is 0.699. The van der Waals surface area contributed by atoms with E-state index in [1.54, 1.807) is 24.3 Å². The molecule has 0 atom stereocenters. The third-order valence-corrected chi connectivity index (χ3v) is 1.84. The number of amides is 1. The molecule has 6 heteroatoms. The highest BCUT2D eigenvalue weighted by molar-refractivity contribution is 14.1. The van der Waals surface area contributed by atoms with Gasteiger partial charge in [-0.05, 0) is 12.1 Å². The van der Waals surface area contributed by atoms with Crippen molar-refractivity contribution < 1.29 is 19.8 Å². The van der Waals surface area contributed by atoms with Crippen LogP contribution < -0.4 is 5.32 Å². The minimum atomic E-state index is -1.04. The number of hydrogen-bond acceptors (Lipinski definition) is 2. The van der Waals surface area contributed by atoms with Gasteiger partial charge in [0.1, 0.15) is 6.42 Å². The van der Waals surface area contributed by atoms with Crippen molar-refractivity contribution in [3.63, 3.8) is 0 Å². The van der Waals surface area contributed by atoms with Crippen LogP contribution in [-0.2, 0) is 4.79 Å². The van der Waals surface area contributed by atoms with Gasteiger partial charge in [-0.1, -0.05) is 52.6 Å². The van der Waals surface area contributed by atoms with Gasteiger partial charge in [0.05, 0.1) is 4.43 Å². The lowest BCUT2D eigenvalue weighted by Crippen LogP contribution is -2.06. The Bertz CT molecular complexity index is 436. The first-order valence-corrected chi connectivity index (χ1v) is 6.37. The molecule has 1 aromatic carbocycles. The molecule has 0 fully saturated rings. The normalized spacial score (nSPS) is 8.06. The molecule has 0 aromatic heterocycles. The molecule has 0 aliphatic rings. The van der Waals surface area contributed by atoms with Gasteiger partial charge in [-0.25, -0.2) is 4.79 Å². The fourth-order valence-corrected chi connectivity index (χ4v) is 1.10. The molecule has 96 valence electrons. The Labute approximate surface area is 118 Å². The second-order valence-electron chi connectivity index (χ2n) is 2.85. The number of carboxylic acid groups (broad SMARTS) is 2. The first-order valence-electron chi connectivity index (χ1n) is 4.84. The maximum Gasteiger partial charge on any atom is 0.409 e. The summed E-state index contributed by atoms with van der Waals surface area (Å²) >= 11 is 2.07. The molecule has 18 heavy (non-hydrogen) atoms. The van der Waals surface area contributed by atoms with Crippen molar-refractivity contribution in [2.45, 2.75) is 6.42 Å². The van der Waals surface area contributed by atoms with Gasteiger partial charge in [-0.2, -0.15) is 0 Å². The zero-order chi connectivity index (χ0) is 13.8. The van der Waals surface area contributed by atoms with Gasteiger partial charge in [0, 0.05) is 5.69 Å². The smallest absolute Gasteiger partial charge is 0.409 e. The minimum Gasteiger partial charge on any atom is -0.481 e. The van der Waals surface area contributed by atoms with E-state index in [1.165, 1.54) is 0 Å². The summed E-state index contributed by atoms with van der Waals surface area (Å²) in [5.41, 5.74) is 0.593. The number of alkyl halides is 1. The Hall–Kier alpha value is -1.75. The van der Waals surface area contributed by atoms with Crippen molar-refractivity contribution in [1.29, 1.82) is 0 Å². The predicted octanol–water partition coefficient (Wildman–Crippen LogP) is 2.68. The van der Waals surface area contributed by atoms with Gasteiger partial charge in [-0.3, -0.25) is 10.1 Å². The van der Waals surface area contributed by atoms with Crippen molar-refractivity contribution in [3.8, 4) is 11.8 Å². The highest BCUT2D eigenvalue weighted by Gasteiger charge is 1.93. The summed E-state index contributed by atoms with van der Waals surface area (Å²) in [7, 11) is 0. The maximum atomic E-state index is 10.1. The molecule has 0 heterocycles. The molecular formula is C12H12INO4. The number of carbonyl (C=O) groups is 2. The van der Waals surface area contributed by atoms with Crippen LogP contribution in [-0.4, -0.2) is 26.7 Å². The largest absolute Gasteiger partial charge is 0.481 e. The first kappa shape index (κ1) is 16.2. The Morgan fingerprint density at radius 1 is 1.17 bits per heavy atom. The van der Waals surface area contributed by atoms with Crippen LogP contribution in [0.1, 0.15) is 6.42 Å². The van der Waals surface area contributed by atoms with Crippen LogP contribution in [0, 0.1) is 11.8 Å². The van der Waals surface area contributed by atoms with E-state index in [-0.39, 0.29) is 6.42 Å². The van der Waals surface area contributed by atoms with E-state index >= 15 is 0 Å². The SMILES string of the molecule is O=C(O)CC#CCI.O=C(O)Nc1ccccc1. The van der Waals surface area contributed by atoms with Gasteiger partial charge < -0.3 is 10.2 Å². The number of hydrogen-bond donors (Lipinski definition) is 3. The van der Waals surface area contributed by atoms with E-state index < -0.39 is 12.1 Å². The molecule has 0 aliphatic carbocycles. The fourth-order valence-electron chi connectivity index (χ4n) is 0.830. The number of para-hydroxylation sites is 1. The molecule has 0 unspecified atom stereocenters. The van der Waals surface area contributed by atoms with E-state index in [4.69, 9.17) is 10.2 Å². The van der Waals surface area contributed by atoms with E-state index in [2.05, 4.69) is 39.7 Å². The second kappa shape index (κ2) is 10.4. The molecule has 1 rings (SSSR count). The van der Waals surface area contributed by atoms with Crippen LogP contribution in [0.2, 0.25) is 0 Å². The number of aliphatic carboxylic acids is 1. The van der Waals surface area contributed by atoms with E-state index in [1.807, 2.05) is 6.07 Å². The van der Waals surface area contributed by atoms with Crippen LogP contribution >= 0.6 is 22.6 Å². The maximum absolute atomic E-state index is 10.1. The van der Waals surface area contributed by atoms with Crippen LogP contribution in [0.15, 0.2) is 30.3 Å². The molecule has 0 bridgehead atoms. The van der Waals surface area contributed by atoms with Crippen LogP contribution in [0.25, 0.3) is 0 Å². The third-order valence-electron chi connectivity index (χ3n) is 1.46. The molecule has 0 radical (unpaired) electrons. The Morgan fingerprint density at radius 3 is 2.22 bits per heavy atom. The summed E-state index contributed by atoms with van der Waals surface area (Å²) in [5, 5.41) is 18.5. The predicted molar refractivity (Wildman–Crippen MR) is 77.0 cm³/mol. The molecule has 0 saturated heterocycles. The summed E-state index contributed by atoms with van der Waals surface area (Å²) in [6, 6.07) is 8.74. The highest BCUT2D eigenvalue weighted by Crippen LogP contribution is 2.03. The number of nitrogens with one attached hydrogen (secondary N) is 1. The lowest BCUT2D eigenvalue weighted by atomic mass is 10.3. The summed E-state index contributed by atoms with van der Waals surface area (Å²) in [6.45, 7) is 0. The summed E-state index contributed by atoms with van der Waals surface area (Å²) in [4.78, 5) is 19.8. The lowest BCUT2D eigenvalue weighted by Gasteiger charge is -1.96.